The summed E-state index contributed by atoms with van der Waals surface area (Å²) in [5.74, 6) is 0. The molecule has 3 nitrogen and oxygen atoms in total. The fourth-order valence-electron chi connectivity index (χ4n) is 2.08. The zero-order valence-electron chi connectivity index (χ0n) is 11.8. The molecule has 6 heteroatoms. The number of nitrogens with zero attached hydrogens (tertiary/aromatic N) is 1. The number of aryl methyl sites for hydroxylation is 2. The van der Waals surface area contributed by atoms with E-state index in [1.807, 2.05) is 13.1 Å². The fourth-order valence-corrected chi connectivity index (χ4v) is 2.08. The second-order valence-electron chi connectivity index (χ2n) is 5.00. The topological polar surface area (TPSA) is 40.7 Å². The van der Waals surface area contributed by atoms with Crippen LogP contribution in [-0.2, 0) is 19.1 Å². The molecule has 0 radical (unpaired) electrons. The van der Waals surface area contributed by atoms with Gasteiger partial charge in [-0.05, 0) is 49.6 Å². The van der Waals surface area contributed by atoms with Crippen LogP contribution in [0.2, 0.25) is 0 Å². The largest absolute Gasteiger partial charge is 0.416 e. The Labute approximate surface area is 121 Å². The van der Waals surface area contributed by atoms with Crippen LogP contribution in [0.15, 0.2) is 30.5 Å². The molecule has 0 saturated heterocycles. The van der Waals surface area contributed by atoms with E-state index in [0.717, 1.165) is 42.8 Å². The van der Waals surface area contributed by atoms with E-state index < -0.39 is 11.7 Å². The maximum absolute atomic E-state index is 12.4. The molecule has 0 aliphatic heterocycles. The van der Waals surface area contributed by atoms with Crippen LogP contribution in [0, 0.1) is 6.92 Å². The lowest BCUT2D eigenvalue weighted by molar-refractivity contribution is -0.137. The Bertz CT molecular complexity index is 558. The molecule has 0 amide bonds. The third-order valence-corrected chi connectivity index (χ3v) is 3.34. The number of aromatic amines is 1. The van der Waals surface area contributed by atoms with Gasteiger partial charge in [0.2, 0.25) is 0 Å². The van der Waals surface area contributed by atoms with Gasteiger partial charge in [0.05, 0.1) is 11.8 Å². The summed E-state index contributed by atoms with van der Waals surface area (Å²) in [5, 5.41) is 10.1. The van der Waals surface area contributed by atoms with Crippen molar-refractivity contribution in [3.8, 4) is 0 Å². The average molecular weight is 297 g/mol. The minimum Gasteiger partial charge on any atom is -0.313 e. The molecule has 1 aromatic carbocycles. The lowest BCUT2D eigenvalue weighted by Gasteiger charge is -2.08. The quantitative estimate of drug-likeness (QED) is 0.802. The van der Waals surface area contributed by atoms with Gasteiger partial charge >= 0.3 is 6.18 Å². The number of hydrogen-bond acceptors (Lipinski definition) is 2. The first-order chi connectivity index (χ1) is 9.97. The first-order valence-electron chi connectivity index (χ1n) is 6.82. The van der Waals surface area contributed by atoms with Gasteiger partial charge in [0.25, 0.3) is 0 Å². The van der Waals surface area contributed by atoms with Crippen molar-refractivity contribution in [1.29, 1.82) is 0 Å². The molecule has 0 bridgehead atoms. The van der Waals surface area contributed by atoms with E-state index in [2.05, 4.69) is 15.5 Å². The van der Waals surface area contributed by atoms with Crippen molar-refractivity contribution in [1.82, 2.24) is 15.5 Å². The summed E-state index contributed by atoms with van der Waals surface area (Å²) in [4.78, 5) is 0. The Balaban J connectivity index is 1.70. The van der Waals surface area contributed by atoms with Crippen molar-refractivity contribution in [3.63, 3.8) is 0 Å². The summed E-state index contributed by atoms with van der Waals surface area (Å²) >= 11 is 0. The lowest BCUT2D eigenvalue weighted by atomic mass is 10.1. The van der Waals surface area contributed by atoms with E-state index in [4.69, 9.17) is 0 Å². The van der Waals surface area contributed by atoms with Crippen molar-refractivity contribution in [2.45, 2.75) is 32.5 Å². The zero-order valence-corrected chi connectivity index (χ0v) is 11.8. The molecule has 114 valence electrons. The highest BCUT2D eigenvalue weighted by molar-refractivity contribution is 5.24. The summed E-state index contributed by atoms with van der Waals surface area (Å²) in [6.07, 6.45) is -0.553. The molecule has 2 aromatic rings. The number of benzene rings is 1. The van der Waals surface area contributed by atoms with Crippen LogP contribution in [-0.4, -0.2) is 16.7 Å². The first kappa shape index (κ1) is 15.6. The van der Waals surface area contributed by atoms with E-state index in [1.54, 1.807) is 0 Å². The van der Waals surface area contributed by atoms with Gasteiger partial charge in [-0.25, -0.2) is 0 Å². The molecular formula is C15H18F3N3. The van der Waals surface area contributed by atoms with Crippen LogP contribution in [0.25, 0.3) is 0 Å². The monoisotopic (exact) mass is 297 g/mol. The molecule has 2 rings (SSSR count). The molecule has 2 N–H and O–H groups in total. The van der Waals surface area contributed by atoms with Gasteiger partial charge < -0.3 is 5.32 Å². The Morgan fingerprint density at radius 2 is 1.90 bits per heavy atom. The molecule has 21 heavy (non-hydrogen) atoms. The Morgan fingerprint density at radius 3 is 2.48 bits per heavy atom. The predicted octanol–water partition coefficient (Wildman–Crippen LogP) is 3.46. The van der Waals surface area contributed by atoms with Crippen molar-refractivity contribution in [2.75, 3.05) is 6.54 Å². The molecular weight excluding hydrogens is 279 g/mol. The maximum Gasteiger partial charge on any atom is 0.416 e. The maximum atomic E-state index is 12.4. The van der Waals surface area contributed by atoms with Gasteiger partial charge in [0.1, 0.15) is 0 Å². The summed E-state index contributed by atoms with van der Waals surface area (Å²) in [7, 11) is 0. The van der Waals surface area contributed by atoms with Gasteiger partial charge in [-0.15, -0.1) is 0 Å². The van der Waals surface area contributed by atoms with E-state index in [-0.39, 0.29) is 0 Å². The number of halogens is 3. The molecule has 1 heterocycles. The highest BCUT2D eigenvalue weighted by atomic mass is 19.4. The van der Waals surface area contributed by atoms with Gasteiger partial charge in [-0.3, -0.25) is 5.10 Å². The fraction of sp³-hybridized carbons (Fsp3) is 0.400. The number of H-pyrrole nitrogens is 1. The standard InChI is InChI=1S/C15H18F3N3/c1-11-13(10-20-21-11)3-2-8-19-9-12-4-6-14(7-5-12)15(16,17)18/h4-7,10,19H,2-3,8-9H2,1H3,(H,20,21). The zero-order chi connectivity index (χ0) is 15.3. The second-order valence-corrected chi connectivity index (χ2v) is 5.00. The molecule has 0 unspecified atom stereocenters. The second kappa shape index (κ2) is 6.76. The molecule has 1 aromatic heterocycles. The number of alkyl halides is 3. The molecule has 0 aliphatic carbocycles. The summed E-state index contributed by atoms with van der Waals surface area (Å²) in [5.41, 5.74) is 2.52. The summed E-state index contributed by atoms with van der Waals surface area (Å²) in [6, 6.07) is 5.25. The molecule has 0 fully saturated rings. The van der Waals surface area contributed by atoms with Crippen LogP contribution < -0.4 is 5.32 Å². The third kappa shape index (κ3) is 4.60. The highest BCUT2D eigenvalue weighted by Crippen LogP contribution is 2.28. The third-order valence-electron chi connectivity index (χ3n) is 3.34. The van der Waals surface area contributed by atoms with Gasteiger partial charge in [0, 0.05) is 12.2 Å². The molecule has 0 atom stereocenters. The van der Waals surface area contributed by atoms with E-state index in [9.17, 15) is 13.2 Å². The lowest BCUT2D eigenvalue weighted by Crippen LogP contribution is -2.15. The van der Waals surface area contributed by atoms with E-state index >= 15 is 0 Å². The van der Waals surface area contributed by atoms with Gasteiger partial charge in [-0.2, -0.15) is 18.3 Å². The number of nitrogens with one attached hydrogen (secondary N) is 2. The Hall–Kier alpha value is -1.82. The molecule has 0 saturated carbocycles. The molecule has 0 aliphatic rings. The van der Waals surface area contributed by atoms with Crippen molar-refractivity contribution < 1.29 is 13.2 Å². The summed E-state index contributed by atoms with van der Waals surface area (Å²) in [6.45, 7) is 3.37. The van der Waals surface area contributed by atoms with Crippen LogP contribution in [0.3, 0.4) is 0 Å². The Kier molecular flexibility index (Phi) is 5.01. The van der Waals surface area contributed by atoms with Crippen LogP contribution >= 0.6 is 0 Å². The van der Waals surface area contributed by atoms with Gasteiger partial charge in [0.15, 0.2) is 0 Å². The van der Waals surface area contributed by atoms with Crippen LogP contribution in [0.4, 0.5) is 13.2 Å². The number of rotatable bonds is 6. The first-order valence-corrected chi connectivity index (χ1v) is 6.82. The Morgan fingerprint density at radius 1 is 1.19 bits per heavy atom. The highest BCUT2D eigenvalue weighted by Gasteiger charge is 2.29. The van der Waals surface area contributed by atoms with Crippen molar-refractivity contribution in [3.05, 3.63) is 52.8 Å². The minimum atomic E-state index is -4.27. The normalized spacial score (nSPS) is 11.8. The smallest absolute Gasteiger partial charge is 0.313 e. The SMILES string of the molecule is Cc1[nH]ncc1CCCNCc1ccc(C(F)(F)F)cc1. The predicted molar refractivity (Wildman–Crippen MR) is 74.8 cm³/mol. The number of hydrogen-bond donors (Lipinski definition) is 2. The van der Waals surface area contributed by atoms with Crippen LogP contribution in [0.1, 0.15) is 28.8 Å². The van der Waals surface area contributed by atoms with Gasteiger partial charge in [-0.1, -0.05) is 12.1 Å². The van der Waals surface area contributed by atoms with E-state index in [0.29, 0.717) is 6.54 Å². The molecule has 0 spiro atoms. The minimum absolute atomic E-state index is 0.572. The van der Waals surface area contributed by atoms with Crippen molar-refractivity contribution in [2.24, 2.45) is 0 Å². The summed E-state index contributed by atoms with van der Waals surface area (Å²) < 4.78 is 37.2. The van der Waals surface area contributed by atoms with E-state index in [1.165, 1.54) is 17.7 Å². The van der Waals surface area contributed by atoms with Crippen LogP contribution in [0.5, 0.6) is 0 Å². The number of aromatic nitrogens is 2. The van der Waals surface area contributed by atoms with Crippen molar-refractivity contribution >= 4 is 0 Å². The average Bonchev–Trinajstić information content (AvgIpc) is 2.84.